The van der Waals surface area contributed by atoms with Gasteiger partial charge < -0.3 is 14.6 Å². The molecule has 0 amide bonds. The molecule has 0 heterocycles. The van der Waals surface area contributed by atoms with Crippen LogP contribution >= 0.6 is 0 Å². The quantitative estimate of drug-likeness (QED) is 0.0437. The predicted molar refractivity (Wildman–Crippen MR) is 196 cm³/mol. The molecule has 0 aliphatic rings. The summed E-state index contributed by atoms with van der Waals surface area (Å²) >= 11 is 0. The van der Waals surface area contributed by atoms with E-state index in [1.54, 1.807) is 0 Å². The maximum Gasteiger partial charge on any atom is 0.306 e. The molecule has 0 aromatic rings. The van der Waals surface area contributed by atoms with E-state index in [0.717, 1.165) is 51.4 Å². The monoisotopic (exact) mass is 629 g/mol. The Morgan fingerprint density at radius 3 is 1.42 bits per heavy atom. The lowest BCUT2D eigenvalue weighted by Crippen LogP contribution is -2.27. The maximum atomic E-state index is 12.1. The van der Waals surface area contributed by atoms with Gasteiger partial charge in [-0.1, -0.05) is 171 Å². The highest BCUT2D eigenvalue weighted by molar-refractivity contribution is 5.69. The van der Waals surface area contributed by atoms with Gasteiger partial charge in [-0.25, -0.2) is 0 Å². The van der Waals surface area contributed by atoms with Gasteiger partial charge in [-0.3, -0.25) is 4.79 Å². The van der Waals surface area contributed by atoms with Gasteiger partial charge >= 0.3 is 5.97 Å². The lowest BCUT2D eigenvalue weighted by atomic mass is 10.0. The zero-order valence-electron chi connectivity index (χ0n) is 29.6. The maximum absolute atomic E-state index is 12.1. The van der Waals surface area contributed by atoms with Crippen LogP contribution in [-0.4, -0.2) is 37.0 Å². The zero-order chi connectivity index (χ0) is 32.7. The smallest absolute Gasteiger partial charge is 0.306 e. The number of rotatable bonds is 34. The largest absolute Gasteiger partial charge is 0.457 e. The van der Waals surface area contributed by atoms with Crippen molar-refractivity contribution >= 4 is 5.97 Å². The number of ether oxygens (including phenoxy) is 2. The first-order chi connectivity index (χ1) is 22.2. The van der Waals surface area contributed by atoms with Gasteiger partial charge in [0.25, 0.3) is 0 Å². The molecule has 0 radical (unpaired) electrons. The normalized spacial score (nSPS) is 13.0. The average Bonchev–Trinajstić information content (AvgIpc) is 3.05. The Hall–Kier alpha value is -1.91. The van der Waals surface area contributed by atoms with E-state index in [2.05, 4.69) is 74.6 Å². The third kappa shape index (κ3) is 36.4. The topological polar surface area (TPSA) is 55.8 Å². The molecule has 0 fully saturated rings. The van der Waals surface area contributed by atoms with Crippen LogP contribution in [0.1, 0.15) is 168 Å². The molecule has 0 aliphatic carbocycles. The minimum Gasteiger partial charge on any atom is -0.457 e. The van der Waals surface area contributed by atoms with E-state index < -0.39 is 6.10 Å². The molecule has 0 aliphatic heterocycles. The zero-order valence-corrected chi connectivity index (χ0v) is 29.6. The Morgan fingerprint density at radius 1 is 0.556 bits per heavy atom. The van der Waals surface area contributed by atoms with Crippen LogP contribution in [0.2, 0.25) is 0 Å². The standard InChI is InChI=1S/C41H72O4/c1-3-5-7-9-11-13-15-17-19-21-22-24-26-28-30-32-34-36-41(43)45-40(38-42)39-44-37-35-33-31-29-27-25-23-20-18-16-14-12-10-8-6-4-2/h5,7,11,13,17,19,22,24,28,30,40,42H,3-4,6,8-10,12,14-16,18,20-21,23,25-27,29,31-39H2,1-2H3/b7-5-,13-11-,19-17-,24-22-,30-28-. The van der Waals surface area contributed by atoms with Gasteiger partial charge in [-0.15, -0.1) is 0 Å². The van der Waals surface area contributed by atoms with Gasteiger partial charge in [0.15, 0.2) is 0 Å². The highest BCUT2D eigenvalue weighted by Gasteiger charge is 2.13. The third-order valence-corrected chi connectivity index (χ3v) is 7.86. The van der Waals surface area contributed by atoms with Crippen molar-refractivity contribution in [1.29, 1.82) is 0 Å². The second kappa shape index (κ2) is 38.3. The van der Waals surface area contributed by atoms with Crippen LogP contribution in [0.4, 0.5) is 0 Å². The fourth-order valence-electron chi connectivity index (χ4n) is 5.07. The van der Waals surface area contributed by atoms with Crippen LogP contribution in [0, 0.1) is 0 Å². The van der Waals surface area contributed by atoms with Crippen molar-refractivity contribution in [2.45, 2.75) is 174 Å². The summed E-state index contributed by atoms with van der Waals surface area (Å²) in [5.41, 5.74) is 0. The van der Waals surface area contributed by atoms with E-state index in [4.69, 9.17) is 9.47 Å². The fraction of sp³-hybridized carbons (Fsp3) is 0.732. The van der Waals surface area contributed by atoms with Crippen LogP contribution < -0.4 is 0 Å². The average molecular weight is 629 g/mol. The Bertz CT molecular complexity index is 749. The molecule has 4 nitrogen and oxygen atoms in total. The van der Waals surface area contributed by atoms with Gasteiger partial charge in [0, 0.05) is 13.0 Å². The number of hydrogen-bond donors (Lipinski definition) is 1. The highest BCUT2D eigenvalue weighted by atomic mass is 16.6. The number of carbonyl (C=O) groups is 1. The second-order valence-corrected chi connectivity index (χ2v) is 12.3. The molecule has 45 heavy (non-hydrogen) atoms. The van der Waals surface area contributed by atoms with Crippen molar-refractivity contribution in [3.05, 3.63) is 60.8 Å². The Balaban J connectivity index is 3.55. The van der Waals surface area contributed by atoms with Crippen molar-refractivity contribution in [1.82, 2.24) is 0 Å². The molecule has 1 unspecified atom stereocenters. The van der Waals surface area contributed by atoms with E-state index >= 15 is 0 Å². The first-order valence-electron chi connectivity index (χ1n) is 18.9. The van der Waals surface area contributed by atoms with Gasteiger partial charge in [0.05, 0.1) is 13.2 Å². The fourth-order valence-corrected chi connectivity index (χ4v) is 5.07. The summed E-state index contributed by atoms with van der Waals surface area (Å²) in [4.78, 5) is 12.1. The molecule has 0 bridgehead atoms. The number of aliphatic hydroxyl groups excluding tert-OH is 1. The SMILES string of the molecule is CC/C=C\C/C=C\C/C=C\C/C=C\C/C=C\CCCC(=O)OC(CO)COCCCCCCCCCCCCCCCCCC. The van der Waals surface area contributed by atoms with E-state index in [0.29, 0.717) is 13.0 Å². The van der Waals surface area contributed by atoms with Crippen LogP contribution in [-0.2, 0) is 14.3 Å². The van der Waals surface area contributed by atoms with E-state index in [-0.39, 0.29) is 19.2 Å². The Morgan fingerprint density at radius 2 is 0.978 bits per heavy atom. The predicted octanol–water partition coefficient (Wildman–Crippen LogP) is 12.1. The summed E-state index contributed by atoms with van der Waals surface area (Å²) < 4.78 is 11.1. The molecule has 0 aromatic carbocycles. The minimum absolute atomic E-state index is 0.195. The summed E-state index contributed by atoms with van der Waals surface area (Å²) in [6, 6.07) is 0. The van der Waals surface area contributed by atoms with Gasteiger partial charge in [0.1, 0.15) is 6.10 Å². The van der Waals surface area contributed by atoms with Gasteiger partial charge in [-0.2, -0.15) is 0 Å². The molecule has 0 saturated heterocycles. The molecule has 0 saturated carbocycles. The first kappa shape index (κ1) is 43.1. The van der Waals surface area contributed by atoms with Gasteiger partial charge in [0.2, 0.25) is 0 Å². The highest BCUT2D eigenvalue weighted by Crippen LogP contribution is 2.14. The van der Waals surface area contributed by atoms with E-state index in [1.165, 1.54) is 96.3 Å². The lowest BCUT2D eigenvalue weighted by Gasteiger charge is -2.15. The lowest BCUT2D eigenvalue weighted by molar-refractivity contribution is -0.154. The number of unbranched alkanes of at least 4 members (excludes halogenated alkanes) is 16. The molecule has 0 spiro atoms. The van der Waals surface area contributed by atoms with E-state index in [9.17, 15) is 9.90 Å². The molecular formula is C41H72O4. The molecule has 4 heteroatoms. The summed E-state index contributed by atoms with van der Waals surface area (Å²) in [7, 11) is 0. The minimum atomic E-state index is -0.563. The van der Waals surface area contributed by atoms with Crippen LogP contribution in [0.25, 0.3) is 0 Å². The molecular weight excluding hydrogens is 556 g/mol. The molecule has 0 rings (SSSR count). The summed E-state index contributed by atoms with van der Waals surface area (Å²) in [5, 5.41) is 9.55. The van der Waals surface area contributed by atoms with Crippen molar-refractivity contribution < 1.29 is 19.4 Å². The second-order valence-electron chi connectivity index (χ2n) is 12.3. The summed E-state index contributed by atoms with van der Waals surface area (Å²) in [5.74, 6) is -0.257. The number of esters is 1. The van der Waals surface area contributed by atoms with Crippen molar-refractivity contribution in [3.8, 4) is 0 Å². The Labute approximate surface area is 279 Å². The molecule has 0 aromatic heterocycles. The Kier molecular flexibility index (Phi) is 36.6. The molecule has 1 atom stereocenters. The number of hydrogen-bond acceptors (Lipinski definition) is 4. The van der Waals surface area contributed by atoms with Crippen molar-refractivity contribution in [2.24, 2.45) is 0 Å². The van der Waals surface area contributed by atoms with Crippen LogP contribution in [0.3, 0.4) is 0 Å². The van der Waals surface area contributed by atoms with Gasteiger partial charge in [-0.05, 0) is 51.4 Å². The summed E-state index contributed by atoms with van der Waals surface area (Å²) in [6.07, 6.45) is 49.8. The van der Waals surface area contributed by atoms with Crippen LogP contribution in [0.5, 0.6) is 0 Å². The van der Waals surface area contributed by atoms with Crippen molar-refractivity contribution in [3.63, 3.8) is 0 Å². The first-order valence-corrected chi connectivity index (χ1v) is 18.9. The molecule has 1 N–H and O–H groups in total. The summed E-state index contributed by atoms with van der Waals surface area (Å²) in [6.45, 7) is 5.18. The number of carbonyl (C=O) groups excluding carboxylic acids is 1. The third-order valence-electron chi connectivity index (χ3n) is 7.86. The molecule has 260 valence electrons. The number of aliphatic hydroxyl groups is 1. The van der Waals surface area contributed by atoms with Crippen LogP contribution in [0.15, 0.2) is 60.8 Å². The van der Waals surface area contributed by atoms with E-state index in [1.807, 2.05) is 0 Å². The number of allylic oxidation sites excluding steroid dienone is 10. The van der Waals surface area contributed by atoms with Crippen molar-refractivity contribution in [2.75, 3.05) is 19.8 Å².